The molecule has 0 rings (SSSR count). The van der Waals surface area contributed by atoms with Crippen LogP contribution in [0.5, 0.6) is 0 Å². The van der Waals surface area contributed by atoms with Crippen LogP contribution < -0.4 is 5.32 Å². The minimum absolute atomic E-state index is 0.152. The number of carboxylic acids is 1. The third kappa shape index (κ3) is 33.4. The molecule has 0 heterocycles. The molecule has 0 aromatic carbocycles. The third-order valence-corrected chi connectivity index (χ3v) is 9.60. The van der Waals surface area contributed by atoms with Crippen molar-refractivity contribution >= 4 is 25.7 Å². The topological polar surface area (TPSA) is 169 Å². The number of nitrogens with one attached hydrogen (secondary N) is 1. The molecule has 11 nitrogen and oxygen atoms in total. The maximum Gasteiger partial charge on any atom is 0.472 e. The van der Waals surface area contributed by atoms with Crippen LogP contribution in [0.1, 0.15) is 187 Å². The number of unbranched alkanes of at least 4 members (excludes halogenated alkanes) is 23. The van der Waals surface area contributed by atoms with E-state index in [1.54, 1.807) is 0 Å². The van der Waals surface area contributed by atoms with Gasteiger partial charge in [-0.2, -0.15) is 0 Å². The lowest BCUT2D eigenvalue weighted by Crippen LogP contribution is -2.43. The molecular weight excluding hydrogens is 649 g/mol. The predicted octanol–water partition coefficient (Wildman–Crippen LogP) is 9.17. The number of esters is 1. The van der Waals surface area contributed by atoms with E-state index in [2.05, 4.69) is 19.2 Å². The molecule has 0 aromatic heterocycles. The van der Waals surface area contributed by atoms with Gasteiger partial charge in [0.05, 0.1) is 13.2 Å². The Morgan fingerprint density at radius 2 is 0.939 bits per heavy atom. The van der Waals surface area contributed by atoms with Gasteiger partial charge in [-0.1, -0.05) is 162 Å². The average Bonchev–Trinajstić information content (AvgIpc) is 3.07. The van der Waals surface area contributed by atoms with Crippen molar-refractivity contribution in [1.82, 2.24) is 5.32 Å². The van der Waals surface area contributed by atoms with E-state index >= 15 is 0 Å². The first-order valence-corrected chi connectivity index (χ1v) is 21.1. The van der Waals surface area contributed by atoms with E-state index in [4.69, 9.17) is 13.8 Å². The van der Waals surface area contributed by atoms with E-state index in [1.807, 2.05) is 0 Å². The first-order valence-electron chi connectivity index (χ1n) is 19.6. The second kappa shape index (κ2) is 33.6. The van der Waals surface area contributed by atoms with Gasteiger partial charge >= 0.3 is 19.8 Å². The smallest absolute Gasteiger partial charge is 0.472 e. The maximum atomic E-state index is 12.3. The van der Waals surface area contributed by atoms with Gasteiger partial charge in [0, 0.05) is 12.8 Å². The van der Waals surface area contributed by atoms with Crippen molar-refractivity contribution in [2.24, 2.45) is 0 Å². The van der Waals surface area contributed by atoms with E-state index < -0.39 is 57.6 Å². The number of rotatable bonds is 37. The Morgan fingerprint density at radius 3 is 1.35 bits per heavy atom. The highest BCUT2D eigenvalue weighted by molar-refractivity contribution is 7.47. The predicted molar refractivity (Wildman–Crippen MR) is 194 cm³/mol. The fraction of sp³-hybridized carbons (Fsp3) is 0.919. The van der Waals surface area contributed by atoms with E-state index in [0.29, 0.717) is 12.8 Å². The van der Waals surface area contributed by atoms with Crippen molar-refractivity contribution in [2.45, 2.75) is 199 Å². The fourth-order valence-corrected chi connectivity index (χ4v) is 6.32. The number of carboxylic acid groups (broad SMARTS) is 1. The normalized spacial score (nSPS) is 13.9. The van der Waals surface area contributed by atoms with Gasteiger partial charge in [0.15, 0.2) is 6.04 Å². The SMILES string of the molecule is CCCCCCCCCCCCCCCCCCCC(=O)NC(COP(=O)(O)OCC(O)COC(=O)CCCCCCCCCC)C(=O)O. The largest absolute Gasteiger partial charge is 0.480 e. The molecule has 0 bridgehead atoms. The first-order chi connectivity index (χ1) is 23.6. The minimum atomic E-state index is -4.74. The molecule has 49 heavy (non-hydrogen) atoms. The number of hydrogen-bond acceptors (Lipinski definition) is 8. The summed E-state index contributed by atoms with van der Waals surface area (Å²) in [5, 5.41) is 21.7. The minimum Gasteiger partial charge on any atom is -0.480 e. The number of aliphatic carboxylic acids is 1. The molecule has 0 aliphatic rings. The standard InChI is InChI=1S/C37H72NO10P/c1-3-5-7-9-11-13-14-15-16-17-18-19-20-21-22-24-26-28-35(40)38-34(37(42)43)32-48-49(44,45)47-31-33(39)30-46-36(41)29-27-25-23-12-10-8-6-4-2/h33-34,39H,3-32H2,1-2H3,(H,38,40)(H,42,43)(H,44,45). The molecule has 0 aliphatic carbocycles. The summed E-state index contributed by atoms with van der Waals surface area (Å²) >= 11 is 0. The van der Waals surface area contributed by atoms with Gasteiger partial charge < -0.3 is 25.2 Å². The molecule has 0 saturated carbocycles. The number of aliphatic hydroxyl groups excluding tert-OH is 1. The molecule has 3 unspecified atom stereocenters. The van der Waals surface area contributed by atoms with Gasteiger partial charge in [-0.05, 0) is 12.8 Å². The molecule has 4 N–H and O–H groups in total. The van der Waals surface area contributed by atoms with E-state index in [0.717, 1.165) is 38.5 Å². The number of ether oxygens (including phenoxy) is 1. The van der Waals surface area contributed by atoms with Crippen LogP contribution in [0, 0.1) is 0 Å². The number of carbonyl (C=O) groups is 3. The van der Waals surface area contributed by atoms with Crippen LogP contribution in [0.15, 0.2) is 0 Å². The number of hydrogen-bond donors (Lipinski definition) is 4. The van der Waals surface area contributed by atoms with Crippen LogP contribution in [0.25, 0.3) is 0 Å². The van der Waals surface area contributed by atoms with E-state index in [9.17, 15) is 34.1 Å². The molecular formula is C37H72NO10P. The summed E-state index contributed by atoms with van der Waals surface area (Å²) in [5.41, 5.74) is 0. The number of phosphoric ester groups is 1. The van der Waals surface area contributed by atoms with Gasteiger partial charge in [-0.25, -0.2) is 9.36 Å². The summed E-state index contributed by atoms with van der Waals surface area (Å²) in [5.74, 6) is -2.36. The molecule has 0 spiro atoms. The quantitative estimate of drug-likeness (QED) is 0.0276. The van der Waals surface area contributed by atoms with Crippen LogP contribution in [-0.2, 0) is 32.7 Å². The zero-order valence-electron chi connectivity index (χ0n) is 31.0. The van der Waals surface area contributed by atoms with Crippen LogP contribution in [0.2, 0.25) is 0 Å². The van der Waals surface area contributed by atoms with Crippen LogP contribution >= 0.6 is 7.82 Å². The second-order valence-electron chi connectivity index (χ2n) is 13.5. The summed E-state index contributed by atoms with van der Waals surface area (Å²) in [6.07, 6.45) is 28.6. The molecule has 290 valence electrons. The Hall–Kier alpha value is -1.52. The van der Waals surface area contributed by atoms with Crippen molar-refractivity contribution in [3.63, 3.8) is 0 Å². The lowest BCUT2D eigenvalue weighted by Gasteiger charge is -2.18. The van der Waals surface area contributed by atoms with Gasteiger partial charge in [0.2, 0.25) is 5.91 Å². The summed E-state index contributed by atoms with van der Waals surface area (Å²) in [6, 6.07) is -1.54. The summed E-state index contributed by atoms with van der Waals surface area (Å²) in [7, 11) is -4.74. The Bertz CT molecular complexity index is 859. The molecule has 0 saturated heterocycles. The average molecular weight is 722 g/mol. The van der Waals surface area contributed by atoms with Crippen molar-refractivity contribution < 1.29 is 47.8 Å². The highest BCUT2D eigenvalue weighted by Crippen LogP contribution is 2.43. The summed E-state index contributed by atoms with van der Waals surface area (Å²) in [4.78, 5) is 45.6. The number of carbonyl (C=O) groups excluding carboxylic acids is 2. The Balaban J connectivity index is 3.91. The molecule has 1 amide bonds. The van der Waals surface area contributed by atoms with Gasteiger partial charge in [0.25, 0.3) is 0 Å². The van der Waals surface area contributed by atoms with Crippen LogP contribution in [0.3, 0.4) is 0 Å². The van der Waals surface area contributed by atoms with Crippen molar-refractivity contribution in [2.75, 3.05) is 19.8 Å². The van der Waals surface area contributed by atoms with Gasteiger partial charge in [-0.15, -0.1) is 0 Å². The lowest BCUT2D eigenvalue weighted by molar-refractivity contribution is -0.147. The maximum absolute atomic E-state index is 12.3. The summed E-state index contributed by atoms with van der Waals surface area (Å²) < 4.78 is 26.7. The number of phosphoric acid groups is 1. The highest BCUT2D eigenvalue weighted by Gasteiger charge is 2.28. The van der Waals surface area contributed by atoms with Crippen molar-refractivity contribution in [3.8, 4) is 0 Å². The zero-order valence-corrected chi connectivity index (χ0v) is 31.9. The molecule has 3 atom stereocenters. The van der Waals surface area contributed by atoms with Crippen LogP contribution in [-0.4, -0.2) is 64.9 Å². The Morgan fingerprint density at radius 1 is 0.571 bits per heavy atom. The second-order valence-corrected chi connectivity index (χ2v) is 14.9. The fourth-order valence-electron chi connectivity index (χ4n) is 5.55. The molecule has 0 fully saturated rings. The monoisotopic (exact) mass is 721 g/mol. The zero-order chi connectivity index (χ0) is 36.4. The third-order valence-electron chi connectivity index (χ3n) is 8.65. The highest BCUT2D eigenvalue weighted by atomic mass is 31.2. The Kier molecular flexibility index (Phi) is 32.6. The molecule has 0 aliphatic heterocycles. The molecule has 0 aromatic rings. The molecule has 12 heteroatoms. The van der Waals surface area contributed by atoms with E-state index in [-0.39, 0.29) is 12.8 Å². The number of aliphatic hydroxyl groups is 1. The van der Waals surface area contributed by atoms with Gasteiger partial charge in [-0.3, -0.25) is 18.6 Å². The van der Waals surface area contributed by atoms with Crippen molar-refractivity contribution in [1.29, 1.82) is 0 Å². The molecule has 0 radical (unpaired) electrons. The van der Waals surface area contributed by atoms with E-state index in [1.165, 1.54) is 109 Å². The number of amides is 1. The van der Waals surface area contributed by atoms with Gasteiger partial charge in [0.1, 0.15) is 12.7 Å². The van der Waals surface area contributed by atoms with Crippen LogP contribution in [0.4, 0.5) is 0 Å². The summed E-state index contributed by atoms with van der Waals surface area (Å²) in [6.45, 7) is 2.55. The first kappa shape index (κ1) is 47.5. The lowest BCUT2D eigenvalue weighted by atomic mass is 10.0. The van der Waals surface area contributed by atoms with Crippen molar-refractivity contribution in [3.05, 3.63) is 0 Å². The Labute approximate surface area is 297 Å².